The van der Waals surface area contributed by atoms with Crippen molar-refractivity contribution >= 4 is 35.0 Å². The molecule has 0 radical (unpaired) electrons. The zero-order valence-corrected chi connectivity index (χ0v) is 16.6. The fourth-order valence-electron chi connectivity index (χ4n) is 2.19. The average molecular weight is 434 g/mol. The first-order valence-corrected chi connectivity index (χ1v) is 9.78. The number of alkyl halides is 3. The molecule has 4 nitrogen and oxygen atoms in total. The topological polar surface area (TPSA) is 47.6 Å². The Morgan fingerprint density at radius 3 is 2.50 bits per heavy atom. The molecule has 0 fully saturated rings. The Hall–Kier alpha value is -1.90. The number of hydrogen-bond acceptors (Lipinski definition) is 4. The molecule has 0 saturated carbocycles. The third kappa shape index (κ3) is 7.26. The molecule has 0 atom stereocenters. The lowest BCUT2D eigenvalue weighted by Crippen LogP contribution is -2.17. The van der Waals surface area contributed by atoms with Gasteiger partial charge in [-0.25, -0.2) is 0 Å². The number of thioether (sulfide) groups is 1. The van der Waals surface area contributed by atoms with Gasteiger partial charge >= 0.3 is 6.18 Å². The summed E-state index contributed by atoms with van der Waals surface area (Å²) >= 11 is 7.16. The number of ether oxygens (including phenoxy) is 2. The van der Waals surface area contributed by atoms with E-state index in [1.165, 1.54) is 24.9 Å². The van der Waals surface area contributed by atoms with Crippen LogP contribution in [0.3, 0.4) is 0 Å². The van der Waals surface area contributed by atoms with Crippen LogP contribution in [0.1, 0.15) is 11.1 Å². The molecule has 0 aliphatic heterocycles. The van der Waals surface area contributed by atoms with E-state index in [9.17, 15) is 18.0 Å². The number of carbonyl (C=O) groups is 1. The fraction of sp³-hybridized carbons (Fsp3) is 0.316. The van der Waals surface area contributed by atoms with E-state index in [0.29, 0.717) is 10.8 Å². The molecular weight excluding hydrogens is 415 g/mol. The minimum Gasteiger partial charge on any atom is -0.489 e. The summed E-state index contributed by atoms with van der Waals surface area (Å²) < 4.78 is 49.2. The van der Waals surface area contributed by atoms with E-state index < -0.39 is 17.6 Å². The summed E-state index contributed by atoms with van der Waals surface area (Å²) in [6.07, 6.45) is -4.52. The molecular formula is C19H19ClF3NO3S. The van der Waals surface area contributed by atoms with Crippen LogP contribution in [0.5, 0.6) is 5.75 Å². The third-order valence-corrected chi connectivity index (χ3v) is 4.80. The quantitative estimate of drug-likeness (QED) is 0.548. The van der Waals surface area contributed by atoms with Crippen molar-refractivity contribution in [2.45, 2.75) is 11.9 Å². The summed E-state index contributed by atoms with van der Waals surface area (Å²) in [4.78, 5) is 12.2. The second-order valence-corrected chi connectivity index (χ2v) is 7.14. The first kappa shape index (κ1) is 22.4. The number of hydrogen-bond donors (Lipinski definition) is 1. The van der Waals surface area contributed by atoms with Crippen LogP contribution in [0.4, 0.5) is 18.9 Å². The molecule has 28 heavy (non-hydrogen) atoms. The first-order chi connectivity index (χ1) is 13.3. The van der Waals surface area contributed by atoms with Crippen LogP contribution < -0.4 is 10.1 Å². The third-order valence-electron chi connectivity index (χ3n) is 3.54. The molecule has 9 heteroatoms. The van der Waals surface area contributed by atoms with Crippen molar-refractivity contribution in [2.75, 3.05) is 31.4 Å². The van der Waals surface area contributed by atoms with Crippen LogP contribution in [0.2, 0.25) is 5.02 Å². The predicted molar refractivity (Wildman–Crippen MR) is 105 cm³/mol. The molecule has 0 aliphatic rings. The zero-order chi connectivity index (χ0) is 20.6. The molecule has 0 bridgehead atoms. The first-order valence-electron chi connectivity index (χ1n) is 8.24. The second-order valence-electron chi connectivity index (χ2n) is 5.72. The highest BCUT2D eigenvalue weighted by Gasteiger charge is 2.31. The SMILES string of the molecule is COCCOc1ccc(C(F)(F)F)cc1NC(=O)CSCc1ccc(Cl)cc1. The van der Waals surface area contributed by atoms with Crippen LogP contribution in [0.25, 0.3) is 0 Å². The lowest BCUT2D eigenvalue weighted by atomic mass is 10.1. The van der Waals surface area contributed by atoms with Gasteiger partial charge in [0, 0.05) is 17.9 Å². The van der Waals surface area contributed by atoms with Gasteiger partial charge < -0.3 is 14.8 Å². The average Bonchev–Trinajstić information content (AvgIpc) is 2.64. The van der Waals surface area contributed by atoms with E-state index in [4.69, 9.17) is 21.1 Å². The zero-order valence-electron chi connectivity index (χ0n) is 15.0. The number of benzene rings is 2. The highest BCUT2D eigenvalue weighted by Crippen LogP contribution is 2.35. The van der Waals surface area contributed by atoms with Gasteiger partial charge in [0.25, 0.3) is 0 Å². The Bertz CT molecular complexity index is 785. The minimum atomic E-state index is -4.52. The van der Waals surface area contributed by atoms with Gasteiger partial charge in [0.1, 0.15) is 12.4 Å². The van der Waals surface area contributed by atoms with Gasteiger partial charge in [0.2, 0.25) is 5.91 Å². The molecule has 0 aliphatic carbocycles. The van der Waals surface area contributed by atoms with E-state index in [1.807, 2.05) is 12.1 Å². The smallest absolute Gasteiger partial charge is 0.416 e. The Labute approximate surface area is 170 Å². The Morgan fingerprint density at radius 1 is 1.14 bits per heavy atom. The van der Waals surface area contributed by atoms with Crippen LogP contribution in [0.15, 0.2) is 42.5 Å². The van der Waals surface area contributed by atoms with Crippen molar-refractivity contribution in [2.24, 2.45) is 0 Å². The largest absolute Gasteiger partial charge is 0.489 e. The Kier molecular flexibility index (Phi) is 8.47. The molecule has 0 unspecified atom stereocenters. The van der Waals surface area contributed by atoms with E-state index >= 15 is 0 Å². The van der Waals surface area contributed by atoms with E-state index in [1.54, 1.807) is 12.1 Å². The van der Waals surface area contributed by atoms with Gasteiger partial charge in [0.15, 0.2) is 0 Å². The van der Waals surface area contributed by atoms with Crippen molar-refractivity contribution in [3.8, 4) is 5.75 Å². The number of rotatable bonds is 9. The molecule has 2 rings (SSSR count). The van der Waals surface area contributed by atoms with Crippen molar-refractivity contribution in [1.82, 2.24) is 0 Å². The number of nitrogens with one attached hydrogen (secondary N) is 1. The standard InChI is InChI=1S/C19H19ClF3NO3S/c1-26-8-9-27-17-7-4-14(19(21,22)23)10-16(17)24-18(25)12-28-11-13-2-5-15(20)6-3-13/h2-7,10H,8-9,11-12H2,1H3,(H,24,25). The molecule has 0 heterocycles. The summed E-state index contributed by atoms with van der Waals surface area (Å²) in [5.41, 5.74) is 0.101. The molecule has 2 aromatic rings. The predicted octanol–water partition coefficient (Wildman–Crippen LogP) is 5.26. The summed E-state index contributed by atoms with van der Waals surface area (Å²) in [5.74, 6) is 0.386. The molecule has 0 aromatic heterocycles. The number of amides is 1. The van der Waals surface area contributed by atoms with Gasteiger partial charge in [-0.3, -0.25) is 4.79 Å². The normalized spacial score (nSPS) is 11.3. The maximum absolute atomic E-state index is 13.0. The number of carbonyl (C=O) groups excluding carboxylic acids is 1. The highest BCUT2D eigenvalue weighted by atomic mass is 35.5. The van der Waals surface area contributed by atoms with Gasteiger partial charge in [-0.1, -0.05) is 23.7 Å². The van der Waals surface area contributed by atoms with Crippen LogP contribution in [-0.4, -0.2) is 32.0 Å². The van der Waals surface area contributed by atoms with Crippen LogP contribution in [0, 0.1) is 0 Å². The van der Waals surface area contributed by atoms with Crippen molar-refractivity contribution < 1.29 is 27.4 Å². The maximum Gasteiger partial charge on any atom is 0.416 e. The summed E-state index contributed by atoms with van der Waals surface area (Å²) in [7, 11) is 1.48. The van der Waals surface area contributed by atoms with E-state index in [0.717, 1.165) is 17.7 Å². The van der Waals surface area contributed by atoms with E-state index in [-0.39, 0.29) is 30.4 Å². The summed E-state index contributed by atoms with van der Waals surface area (Å²) in [6.45, 7) is 0.418. The van der Waals surface area contributed by atoms with Crippen LogP contribution in [-0.2, 0) is 21.5 Å². The second kappa shape index (κ2) is 10.6. The molecule has 152 valence electrons. The van der Waals surface area contributed by atoms with Crippen molar-refractivity contribution in [3.05, 3.63) is 58.6 Å². The van der Waals surface area contributed by atoms with Gasteiger partial charge in [-0.15, -0.1) is 11.8 Å². The summed E-state index contributed by atoms with van der Waals surface area (Å²) in [5, 5.41) is 3.12. The van der Waals surface area contributed by atoms with Gasteiger partial charge in [-0.05, 0) is 35.9 Å². The van der Waals surface area contributed by atoms with Gasteiger partial charge in [-0.2, -0.15) is 13.2 Å². The summed E-state index contributed by atoms with van der Waals surface area (Å²) in [6, 6.07) is 10.2. The Morgan fingerprint density at radius 2 is 1.86 bits per heavy atom. The number of halogens is 4. The van der Waals surface area contributed by atoms with Crippen LogP contribution >= 0.6 is 23.4 Å². The monoisotopic (exact) mass is 433 g/mol. The minimum absolute atomic E-state index is 0.0250. The molecule has 0 saturated heterocycles. The van der Waals surface area contributed by atoms with E-state index in [2.05, 4.69) is 5.32 Å². The highest BCUT2D eigenvalue weighted by molar-refractivity contribution is 7.99. The maximum atomic E-state index is 13.0. The fourth-order valence-corrected chi connectivity index (χ4v) is 3.11. The van der Waals surface area contributed by atoms with Crippen molar-refractivity contribution in [3.63, 3.8) is 0 Å². The molecule has 1 N–H and O–H groups in total. The van der Waals surface area contributed by atoms with Crippen molar-refractivity contribution in [1.29, 1.82) is 0 Å². The molecule has 1 amide bonds. The number of methoxy groups -OCH3 is 1. The van der Waals surface area contributed by atoms with Gasteiger partial charge in [0.05, 0.1) is 23.6 Å². The lowest BCUT2D eigenvalue weighted by molar-refractivity contribution is -0.137. The molecule has 0 spiro atoms. The molecule has 2 aromatic carbocycles. The lowest BCUT2D eigenvalue weighted by Gasteiger charge is -2.15. The Balaban J connectivity index is 2.00. The number of anilines is 1.